The average Bonchev–Trinajstić information content (AvgIpc) is 3.09. The second kappa shape index (κ2) is 17.4. The predicted octanol–water partition coefficient (Wildman–Crippen LogP) is 13.4. The minimum Gasteiger partial charge on any atom is -0.490 e. The Bertz CT molecular complexity index is 1350. The topological polar surface area (TPSA) is 9.23 Å². The summed E-state index contributed by atoms with van der Waals surface area (Å²) in [5.41, 5.74) is 3.08. The van der Waals surface area contributed by atoms with Crippen LogP contribution in [0.3, 0.4) is 0 Å². The van der Waals surface area contributed by atoms with E-state index >= 15 is 4.39 Å². The summed E-state index contributed by atoms with van der Waals surface area (Å²) in [5, 5.41) is 0. The Morgan fingerprint density at radius 1 is 0.587 bits per heavy atom. The molecular weight excluding hydrogens is 577 g/mol. The van der Waals surface area contributed by atoms with Gasteiger partial charge in [0.1, 0.15) is 5.82 Å². The Labute approximate surface area is 276 Å². The Morgan fingerprint density at radius 2 is 1.17 bits per heavy atom. The third kappa shape index (κ3) is 8.98. The molecule has 0 spiro atoms. The molecule has 250 valence electrons. The van der Waals surface area contributed by atoms with Gasteiger partial charge in [-0.15, -0.1) is 0 Å². The lowest BCUT2D eigenvalue weighted by molar-refractivity contribution is 0.155. The minimum atomic E-state index is -0.968. The zero-order valence-electron chi connectivity index (χ0n) is 28.3. The normalized spacial score (nSPS) is 21.8. The molecule has 0 unspecified atom stereocenters. The highest BCUT2D eigenvalue weighted by Crippen LogP contribution is 2.45. The van der Waals surface area contributed by atoms with E-state index in [1.165, 1.54) is 83.1 Å². The molecule has 2 fully saturated rings. The second-order valence-corrected chi connectivity index (χ2v) is 14.2. The second-order valence-electron chi connectivity index (χ2n) is 14.2. The first-order valence-electron chi connectivity index (χ1n) is 18.5. The van der Waals surface area contributed by atoms with Crippen molar-refractivity contribution >= 4 is 0 Å². The van der Waals surface area contributed by atoms with E-state index in [0.29, 0.717) is 23.7 Å². The zero-order chi connectivity index (χ0) is 32.3. The SMILES string of the molecule is CCCCCCCC1CCC(C2CCC(c3ccc(-c4ccc(-c5ccc(OCCCCC)c(F)c5F)cc4)c(F)c3)CC2)CC1. The maximum Gasteiger partial charge on any atom is 0.201 e. The molecule has 5 rings (SSSR count). The third-order valence-corrected chi connectivity index (χ3v) is 11.1. The number of hydrogen-bond donors (Lipinski definition) is 0. The van der Waals surface area contributed by atoms with E-state index in [1.807, 2.05) is 6.07 Å². The number of rotatable bonds is 15. The number of ether oxygens (including phenoxy) is 1. The van der Waals surface area contributed by atoms with Crippen molar-refractivity contribution in [2.45, 2.75) is 129 Å². The van der Waals surface area contributed by atoms with Crippen LogP contribution in [-0.2, 0) is 0 Å². The molecule has 0 aromatic heterocycles. The fourth-order valence-corrected chi connectivity index (χ4v) is 8.16. The van der Waals surface area contributed by atoms with Crippen LogP contribution in [0.4, 0.5) is 13.2 Å². The molecule has 0 saturated heterocycles. The molecule has 46 heavy (non-hydrogen) atoms. The summed E-state index contributed by atoms with van der Waals surface area (Å²) < 4.78 is 50.5. The standard InChI is InChI=1S/C42H55F3O/c1-3-5-7-8-9-11-30-12-14-31(15-13-30)32-16-18-33(19-17-32)36-24-25-37(39(43)29-36)34-20-22-35(23-21-34)38-26-27-40(42(45)41(38)44)46-28-10-6-4-2/h20-27,29-33H,3-19,28H2,1-2H3. The van der Waals surface area contributed by atoms with Crippen molar-refractivity contribution in [3.8, 4) is 28.0 Å². The molecule has 0 bridgehead atoms. The van der Waals surface area contributed by atoms with Crippen molar-refractivity contribution in [3.63, 3.8) is 0 Å². The summed E-state index contributed by atoms with van der Waals surface area (Å²) in [6, 6.07) is 15.8. The molecular formula is C42H55F3O. The number of hydrogen-bond acceptors (Lipinski definition) is 1. The van der Waals surface area contributed by atoms with Crippen molar-refractivity contribution < 1.29 is 17.9 Å². The van der Waals surface area contributed by atoms with Gasteiger partial charge >= 0.3 is 0 Å². The van der Waals surface area contributed by atoms with Gasteiger partial charge in [-0.2, -0.15) is 4.39 Å². The van der Waals surface area contributed by atoms with Gasteiger partial charge in [-0.3, -0.25) is 0 Å². The number of unbranched alkanes of at least 4 members (excludes halogenated alkanes) is 6. The van der Waals surface area contributed by atoms with Crippen LogP contribution in [0.2, 0.25) is 0 Å². The van der Waals surface area contributed by atoms with Crippen molar-refractivity contribution in [2.24, 2.45) is 17.8 Å². The van der Waals surface area contributed by atoms with Gasteiger partial charge in [0.15, 0.2) is 11.6 Å². The molecule has 1 nitrogen and oxygen atoms in total. The molecule has 0 N–H and O–H groups in total. The Morgan fingerprint density at radius 3 is 1.83 bits per heavy atom. The van der Waals surface area contributed by atoms with Crippen molar-refractivity contribution in [1.29, 1.82) is 0 Å². The highest BCUT2D eigenvalue weighted by Gasteiger charge is 2.31. The van der Waals surface area contributed by atoms with Gasteiger partial charge in [0.2, 0.25) is 5.82 Å². The number of halogens is 3. The van der Waals surface area contributed by atoms with Gasteiger partial charge in [-0.1, -0.05) is 114 Å². The maximum absolute atomic E-state index is 15.5. The molecule has 2 aliphatic carbocycles. The summed E-state index contributed by atoms with van der Waals surface area (Å²) in [6.45, 7) is 4.73. The van der Waals surface area contributed by atoms with Crippen LogP contribution >= 0.6 is 0 Å². The van der Waals surface area contributed by atoms with E-state index < -0.39 is 11.6 Å². The Kier molecular flexibility index (Phi) is 13.1. The molecule has 0 aliphatic heterocycles. The third-order valence-electron chi connectivity index (χ3n) is 11.1. The van der Waals surface area contributed by atoms with Gasteiger partial charge in [-0.05, 0) is 104 Å². The van der Waals surface area contributed by atoms with E-state index in [2.05, 4.69) is 19.9 Å². The lowest BCUT2D eigenvalue weighted by Gasteiger charge is -2.38. The van der Waals surface area contributed by atoms with Crippen LogP contribution < -0.4 is 4.74 Å². The van der Waals surface area contributed by atoms with Crippen LogP contribution in [-0.4, -0.2) is 6.61 Å². The van der Waals surface area contributed by atoms with Gasteiger partial charge in [0.05, 0.1) is 6.61 Å². The largest absolute Gasteiger partial charge is 0.490 e. The van der Waals surface area contributed by atoms with E-state index in [-0.39, 0.29) is 17.1 Å². The molecule has 0 radical (unpaired) electrons. The first kappa shape index (κ1) is 34.6. The fourth-order valence-electron chi connectivity index (χ4n) is 8.16. The van der Waals surface area contributed by atoms with E-state index in [4.69, 9.17) is 4.74 Å². The quantitative estimate of drug-likeness (QED) is 0.152. The maximum atomic E-state index is 15.5. The van der Waals surface area contributed by atoms with Crippen LogP contribution in [0.25, 0.3) is 22.3 Å². The predicted molar refractivity (Wildman–Crippen MR) is 186 cm³/mol. The highest BCUT2D eigenvalue weighted by molar-refractivity contribution is 5.71. The molecule has 3 aromatic rings. The molecule has 0 heterocycles. The van der Waals surface area contributed by atoms with Gasteiger partial charge in [-0.25, -0.2) is 8.78 Å². The van der Waals surface area contributed by atoms with Crippen molar-refractivity contribution in [1.82, 2.24) is 0 Å². The first-order chi connectivity index (χ1) is 22.5. The lowest BCUT2D eigenvalue weighted by Crippen LogP contribution is -2.25. The van der Waals surface area contributed by atoms with Gasteiger partial charge in [0.25, 0.3) is 0 Å². The summed E-state index contributed by atoms with van der Waals surface area (Å²) in [4.78, 5) is 0. The van der Waals surface area contributed by atoms with Gasteiger partial charge < -0.3 is 4.74 Å². The lowest BCUT2D eigenvalue weighted by atomic mass is 9.68. The molecule has 0 amide bonds. The fraction of sp³-hybridized carbons (Fsp3) is 0.571. The van der Waals surface area contributed by atoms with Crippen LogP contribution in [0.5, 0.6) is 5.75 Å². The monoisotopic (exact) mass is 632 g/mol. The summed E-state index contributed by atoms with van der Waals surface area (Å²) >= 11 is 0. The van der Waals surface area contributed by atoms with E-state index in [0.717, 1.165) is 61.0 Å². The smallest absolute Gasteiger partial charge is 0.201 e. The molecule has 4 heteroatoms. The van der Waals surface area contributed by atoms with Crippen molar-refractivity contribution in [2.75, 3.05) is 6.61 Å². The minimum absolute atomic E-state index is 0.0597. The van der Waals surface area contributed by atoms with E-state index in [1.54, 1.807) is 36.4 Å². The summed E-state index contributed by atoms with van der Waals surface area (Å²) in [5.74, 6) is 0.957. The molecule has 2 saturated carbocycles. The summed E-state index contributed by atoms with van der Waals surface area (Å²) in [7, 11) is 0. The van der Waals surface area contributed by atoms with Crippen LogP contribution in [0, 0.1) is 35.2 Å². The van der Waals surface area contributed by atoms with Gasteiger partial charge in [0, 0.05) is 11.1 Å². The summed E-state index contributed by atoms with van der Waals surface area (Å²) in [6.07, 6.45) is 21.8. The highest BCUT2D eigenvalue weighted by atomic mass is 19.2. The van der Waals surface area contributed by atoms with Crippen LogP contribution in [0.1, 0.15) is 134 Å². The van der Waals surface area contributed by atoms with E-state index in [9.17, 15) is 8.78 Å². The molecule has 3 aromatic carbocycles. The van der Waals surface area contributed by atoms with Crippen molar-refractivity contribution in [3.05, 3.63) is 77.6 Å². The molecule has 0 atom stereocenters. The average molecular weight is 633 g/mol. The zero-order valence-corrected chi connectivity index (χ0v) is 28.3. The Hall–Kier alpha value is -2.75. The number of benzene rings is 3. The Balaban J connectivity index is 1.12. The molecule has 2 aliphatic rings. The van der Waals surface area contributed by atoms with Crippen LogP contribution in [0.15, 0.2) is 54.6 Å². The first-order valence-corrected chi connectivity index (χ1v) is 18.5.